The van der Waals surface area contributed by atoms with E-state index in [-0.39, 0.29) is 0 Å². The number of tetrazole rings is 2. The fourth-order valence-electron chi connectivity index (χ4n) is 5.38. The Labute approximate surface area is 326 Å². The van der Waals surface area contributed by atoms with E-state index in [4.69, 9.17) is 53.1 Å². The van der Waals surface area contributed by atoms with Crippen molar-refractivity contribution >= 4 is 44.8 Å². The van der Waals surface area contributed by atoms with Gasteiger partial charge in [-0.15, -0.1) is 20.4 Å². The van der Waals surface area contributed by atoms with Crippen molar-refractivity contribution < 1.29 is 9.47 Å². The predicted molar refractivity (Wildman–Crippen MR) is 207 cm³/mol. The molecule has 8 rings (SSSR count). The number of nitrogens with zero attached hydrogens (tertiary/aromatic N) is 12. The number of halogens is 2. The van der Waals surface area contributed by atoms with Crippen LogP contribution in [0.2, 0.25) is 10.0 Å². The smallest absolute Gasteiger partial charge is 0.209 e. The van der Waals surface area contributed by atoms with Crippen molar-refractivity contribution in [2.45, 2.75) is 23.1 Å². The molecule has 8 aromatic rings. The number of methoxy groups -OCH3 is 2. The van der Waals surface area contributed by atoms with Gasteiger partial charge in [0.2, 0.25) is 11.6 Å². The molecule has 4 aromatic carbocycles. The lowest BCUT2D eigenvalue weighted by Gasteiger charge is -2.11. The normalized spacial score (nSPS) is 11.3. The minimum Gasteiger partial charge on any atom is -0.497 e. The molecular weight excluding hydrogens is 768 g/mol. The Balaban J connectivity index is 1.14. The van der Waals surface area contributed by atoms with Gasteiger partial charge in [-0.3, -0.25) is 0 Å². The highest BCUT2D eigenvalue weighted by Gasteiger charge is 2.24. The molecule has 0 aliphatic rings. The molecule has 0 N–H and O–H groups in total. The van der Waals surface area contributed by atoms with Gasteiger partial charge in [-0.2, -0.15) is 19.8 Å². The summed E-state index contributed by atoms with van der Waals surface area (Å²) in [6, 6.07) is 30.3. The Hall–Kier alpha value is -5.68. The summed E-state index contributed by atoms with van der Waals surface area (Å²) in [6.07, 6.45) is 3.46. The van der Waals surface area contributed by atoms with Crippen molar-refractivity contribution in [3.8, 4) is 45.6 Å². The molecule has 0 atom stereocenters. The molecule has 4 heterocycles. The number of hydrogen-bond acceptors (Lipinski definition) is 12. The molecule has 0 radical (unpaired) electrons. The molecule has 4 aromatic heterocycles. The average molecular weight is 796 g/mol. The summed E-state index contributed by atoms with van der Waals surface area (Å²) in [5, 5.41) is 39.2. The lowest BCUT2D eigenvalue weighted by Crippen LogP contribution is -2.04. The second-order valence-electron chi connectivity index (χ2n) is 11.7. The van der Waals surface area contributed by atoms with Crippen LogP contribution in [0.25, 0.3) is 34.2 Å². The Morgan fingerprint density at radius 1 is 0.537 bits per heavy atom. The summed E-state index contributed by atoms with van der Waals surface area (Å²) in [7, 11) is 6.18. The van der Waals surface area contributed by atoms with E-state index in [0.717, 1.165) is 44.1 Å². The largest absolute Gasteiger partial charge is 0.497 e. The molecular formula is C36H28Cl2N12O2S2. The molecule has 0 aliphatic carbocycles. The van der Waals surface area contributed by atoms with Gasteiger partial charge in [-0.05, 0) is 116 Å². The first-order valence-corrected chi connectivity index (χ1v) is 19.2. The van der Waals surface area contributed by atoms with Crippen LogP contribution in [0, 0.1) is 0 Å². The fraction of sp³-hybridized carbons (Fsp3) is 0.111. The molecule has 0 unspecified atom stereocenters. The molecule has 18 heteroatoms. The van der Waals surface area contributed by atoms with Crippen molar-refractivity contribution in [2.75, 3.05) is 14.2 Å². The van der Waals surface area contributed by atoms with Gasteiger partial charge in [0.15, 0.2) is 0 Å². The van der Waals surface area contributed by atoms with Crippen molar-refractivity contribution in [1.29, 1.82) is 0 Å². The summed E-state index contributed by atoms with van der Waals surface area (Å²) in [6.45, 7) is 0.852. The van der Waals surface area contributed by atoms with E-state index >= 15 is 0 Å². The maximum Gasteiger partial charge on any atom is 0.209 e. The number of benzene rings is 4. The molecule has 0 fully saturated rings. The third kappa shape index (κ3) is 7.68. The second kappa shape index (κ2) is 15.7. The van der Waals surface area contributed by atoms with Crippen molar-refractivity contribution in [2.24, 2.45) is 0 Å². The molecule has 0 aliphatic heterocycles. The molecule has 54 heavy (non-hydrogen) atoms. The van der Waals surface area contributed by atoms with Crippen molar-refractivity contribution in [1.82, 2.24) is 60.0 Å². The minimum atomic E-state index is 0.418. The Kier molecular flexibility index (Phi) is 10.3. The summed E-state index contributed by atoms with van der Waals surface area (Å²) in [5.41, 5.74) is 4.97. The Morgan fingerprint density at radius 2 is 0.926 bits per heavy atom. The Bertz CT molecular complexity index is 2320. The van der Waals surface area contributed by atoms with Gasteiger partial charge in [0.05, 0.1) is 62.2 Å². The lowest BCUT2D eigenvalue weighted by molar-refractivity contribution is 0.414. The number of ether oxygens (including phenoxy) is 2. The molecule has 0 saturated carbocycles. The molecule has 0 saturated heterocycles. The summed E-state index contributed by atoms with van der Waals surface area (Å²) in [5.74, 6) is 2.38. The molecule has 14 nitrogen and oxygen atoms in total. The molecule has 0 spiro atoms. The van der Waals surface area contributed by atoms with Crippen LogP contribution >= 0.6 is 44.8 Å². The number of hydrogen-bond donors (Lipinski definition) is 0. The van der Waals surface area contributed by atoms with Gasteiger partial charge in [0.25, 0.3) is 0 Å². The van der Waals surface area contributed by atoms with E-state index in [1.54, 1.807) is 36.2 Å². The summed E-state index contributed by atoms with van der Waals surface area (Å²) >= 11 is 12.5. The highest BCUT2D eigenvalue weighted by atomic mass is 35.5. The summed E-state index contributed by atoms with van der Waals surface area (Å²) in [4.78, 5) is 3.10. The van der Waals surface area contributed by atoms with Gasteiger partial charge in [0, 0.05) is 10.0 Å². The Morgan fingerprint density at radius 3 is 1.30 bits per heavy atom. The van der Waals surface area contributed by atoms with Crippen LogP contribution in [-0.4, -0.2) is 74.2 Å². The molecule has 270 valence electrons. The van der Waals surface area contributed by atoms with E-state index in [1.807, 2.05) is 106 Å². The number of rotatable bonds is 13. The first-order valence-electron chi connectivity index (χ1n) is 16.3. The van der Waals surface area contributed by atoms with Crippen LogP contribution in [0.15, 0.2) is 120 Å². The van der Waals surface area contributed by atoms with E-state index in [2.05, 4.69) is 20.6 Å². The van der Waals surface area contributed by atoms with Gasteiger partial charge < -0.3 is 9.47 Å². The average Bonchev–Trinajstić information content (AvgIpc) is 4.02. The third-order valence-corrected chi connectivity index (χ3v) is 11.0. The maximum absolute atomic E-state index is 6.26. The quantitative estimate of drug-likeness (QED) is 0.106. The van der Waals surface area contributed by atoms with Crippen LogP contribution in [0.3, 0.4) is 0 Å². The highest BCUT2D eigenvalue weighted by molar-refractivity contribution is 8.76. The zero-order valence-corrected chi connectivity index (χ0v) is 31.7. The van der Waals surface area contributed by atoms with Crippen LogP contribution in [0.1, 0.15) is 11.1 Å². The van der Waals surface area contributed by atoms with Crippen LogP contribution in [0.5, 0.6) is 11.5 Å². The minimum absolute atomic E-state index is 0.418. The lowest BCUT2D eigenvalue weighted by atomic mass is 10.2. The van der Waals surface area contributed by atoms with Gasteiger partial charge in [0.1, 0.15) is 21.6 Å². The maximum atomic E-state index is 6.26. The van der Waals surface area contributed by atoms with Crippen molar-refractivity contribution in [3.63, 3.8) is 0 Å². The zero-order chi connectivity index (χ0) is 37.0. The first-order chi connectivity index (χ1) is 26.4. The van der Waals surface area contributed by atoms with Gasteiger partial charge in [-0.25, -0.2) is 9.36 Å². The second-order valence-corrected chi connectivity index (χ2v) is 14.6. The zero-order valence-electron chi connectivity index (χ0n) is 28.6. The van der Waals surface area contributed by atoms with E-state index in [0.29, 0.717) is 45.9 Å². The summed E-state index contributed by atoms with van der Waals surface area (Å²) < 4.78 is 14.2. The van der Waals surface area contributed by atoms with Gasteiger partial charge in [-0.1, -0.05) is 47.5 Å². The van der Waals surface area contributed by atoms with Gasteiger partial charge >= 0.3 is 0 Å². The molecule has 0 bridgehead atoms. The van der Waals surface area contributed by atoms with E-state index in [9.17, 15) is 0 Å². The predicted octanol–water partition coefficient (Wildman–Crippen LogP) is 7.59. The van der Waals surface area contributed by atoms with Crippen LogP contribution < -0.4 is 9.47 Å². The molecule has 0 amide bonds. The number of aromatic nitrogens is 12. The monoisotopic (exact) mass is 794 g/mol. The first kappa shape index (κ1) is 35.4. The van der Waals surface area contributed by atoms with E-state index in [1.165, 1.54) is 21.6 Å². The third-order valence-electron chi connectivity index (χ3n) is 8.15. The van der Waals surface area contributed by atoms with E-state index < -0.39 is 0 Å². The van der Waals surface area contributed by atoms with Crippen LogP contribution in [0.4, 0.5) is 0 Å². The van der Waals surface area contributed by atoms with Crippen molar-refractivity contribution in [3.05, 3.63) is 131 Å². The SMILES string of the molecule is COc1ccc(Cn2nnc(-c3cnn(-c4ccc(Cl)cc4)c3SSc3c(-c4nnn(Cc5ccc(OC)cc5)n4)cnn3-c3ccc(Cl)cc3)n2)cc1. The topological polar surface area (TPSA) is 141 Å². The highest BCUT2D eigenvalue weighted by Crippen LogP contribution is 2.45. The fourth-order valence-corrected chi connectivity index (χ4v) is 8.14. The standard InChI is InChI=1S/C36H28Cl2N12O2S2/c1-51-29-15-3-23(4-16-29)21-47-43-33(41-45-47)31-19-39-49(27-11-7-25(37)8-12-27)35(31)53-54-36-32(20-40-50(36)28-13-9-26(38)10-14-28)34-42-46-48(44-34)22-24-5-17-30(52-2)18-6-24/h3-20H,21-22H2,1-2H3. The van der Waals surface area contributed by atoms with Crippen LogP contribution in [-0.2, 0) is 13.1 Å².